The van der Waals surface area contributed by atoms with Crippen LogP contribution < -0.4 is 5.32 Å². The maximum absolute atomic E-state index is 13.1. The molecule has 0 amide bonds. The second-order valence-electron chi connectivity index (χ2n) is 5.01. The van der Waals surface area contributed by atoms with Gasteiger partial charge in [0.2, 0.25) is 0 Å². The first-order valence-corrected chi connectivity index (χ1v) is 6.42. The molecule has 0 aliphatic heterocycles. The van der Waals surface area contributed by atoms with Crippen molar-refractivity contribution in [2.24, 2.45) is 5.41 Å². The van der Waals surface area contributed by atoms with Gasteiger partial charge in [-0.1, -0.05) is 18.0 Å². The molecule has 1 aromatic rings. The average molecular weight is 269 g/mol. The Morgan fingerprint density at radius 3 is 2.72 bits per heavy atom. The van der Waals surface area contributed by atoms with Crippen LogP contribution in [0.3, 0.4) is 0 Å². The van der Waals surface area contributed by atoms with Gasteiger partial charge in [-0.2, -0.15) is 5.26 Å². The monoisotopic (exact) mass is 268 g/mol. The summed E-state index contributed by atoms with van der Waals surface area (Å²) in [4.78, 5) is 0. The lowest BCUT2D eigenvalue weighted by Gasteiger charge is -2.14. The number of unbranched alkanes of at least 4 members (excludes halogenated alkanes) is 1. The van der Waals surface area contributed by atoms with Crippen LogP contribution in [0.1, 0.15) is 33.1 Å². The fourth-order valence-corrected chi connectivity index (χ4v) is 1.70. The number of rotatable bonds is 6. The number of nitrogens with zero attached hydrogens (tertiary/aromatic N) is 1. The van der Waals surface area contributed by atoms with Crippen LogP contribution in [0.15, 0.2) is 18.2 Å². The van der Waals surface area contributed by atoms with Crippen LogP contribution in [0.4, 0.5) is 10.1 Å². The molecular formula is C14H18ClFN2. The third-order valence-electron chi connectivity index (χ3n) is 2.78. The van der Waals surface area contributed by atoms with Gasteiger partial charge in [-0.15, -0.1) is 0 Å². The Hall–Kier alpha value is -1.27. The maximum atomic E-state index is 13.1. The van der Waals surface area contributed by atoms with Crippen LogP contribution in [0, 0.1) is 22.6 Å². The molecule has 0 atom stereocenters. The summed E-state index contributed by atoms with van der Waals surface area (Å²) in [7, 11) is 0. The fraction of sp³-hybridized carbons (Fsp3) is 0.500. The molecule has 0 saturated carbocycles. The van der Waals surface area contributed by atoms with Gasteiger partial charge in [0, 0.05) is 12.2 Å². The van der Waals surface area contributed by atoms with Gasteiger partial charge >= 0.3 is 0 Å². The van der Waals surface area contributed by atoms with E-state index in [0.29, 0.717) is 0 Å². The third kappa shape index (κ3) is 4.93. The molecule has 0 unspecified atom stereocenters. The van der Waals surface area contributed by atoms with Crippen molar-refractivity contribution in [3.8, 4) is 6.07 Å². The molecule has 0 saturated heterocycles. The van der Waals surface area contributed by atoms with Crippen molar-refractivity contribution in [3.63, 3.8) is 0 Å². The Morgan fingerprint density at radius 2 is 2.11 bits per heavy atom. The van der Waals surface area contributed by atoms with Gasteiger partial charge in [0.1, 0.15) is 5.82 Å². The van der Waals surface area contributed by atoms with Crippen LogP contribution in [0.2, 0.25) is 5.02 Å². The second-order valence-corrected chi connectivity index (χ2v) is 5.42. The van der Waals surface area contributed by atoms with Crippen LogP contribution in [0.25, 0.3) is 0 Å². The topological polar surface area (TPSA) is 35.8 Å². The Labute approximate surface area is 113 Å². The minimum absolute atomic E-state index is 0.135. The molecule has 0 aromatic heterocycles. The number of hydrogen-bond donors (Lipinski definition) is 1. The first-order valence-electron chi connectivity index (χ1n) is 6.05. The zero-order chi connectivity index (χ0) is 13.6. The van der Waals surface area contributed by atoms with Crippen molar-refractivity contribution in [1.29, 1.82) is 5.26 Å². The fourth-order valence-electron chi connectivity index (χ4n) is 1.59. The molecule has 0 aliphatic carbocycles. The summed E-state index contributed by atoms with van der Waals surface area (Å²) in [6.45, 7) is 4.65. The number of anilines is 1. The highest BCUT2D eigenvalue weighted by atomic mass is 35.5. The first-order chi connectivity index (χ1) is 8.44. The summed E-state index contributed by atoms with van der Waals surface area (Å²) in [6, 6.07) is 6.96. The van der Waals surface area contributed by atoms with Crippen LogP contribution in [-0.4, -0.2) is 6.54 Å². The molecular weight excluding hydrogens is 251 g/mol. The van der Waals surface area contributed by atoms with Crippen molar-refractivity contribution in [3.05, 3.63) is 29.0 Å². The number of benzene rings is 1. The van der Waals surface area contributed by atoms with E-state index in [1.807, 2.05) is 13.8 Å². The molecule has 1 rings (SSSR count). The molecule has 0 fully saturated rings. The average Bonchev–Trinajstić information content (AvgIpc) is 2.33. The molecule has 0 radical (unpaired) electrons. The molecule has 0 bridgehead atoms. The highest BCUT2D eigenvalue weighted by Crippen LogP contribution is 2.22. The number of halogens is 2. The van der Waals surface area contributed by atoms with Crippen molar-refractivity contribution in [2.75, 3.05) is 11.9 Å². The highest BCUT2D eigenvalue weighted by Gasteiger charge is 2.15. The molecule has 0 spiro atoms. The third-order valence-corrected chi connectivity index (χ3v) is 3.09. The van der Waals surface area contributed by atoms with Crippen molar-refractivity contribution in [2.45, 2.75) is 33.1 Å². The lowest BCUT2D eigenvalue weighted by Crippen LogP contribution is -2.09. The highest BCUT2D eigenvalue weighted by molar-refractivity contribution is 6.30. The lowest BCUT2D eigenvalue weighted by atomic mass is 9.89. The van der Waals surface area contributed by atoms with Gasteiger partial charge in [0.05, 0.1) is 16.5 Å². The Kier molecular flexibility index (Phi) is 5.43. The summed E-state index contributed by atoms with van der Waals surface area (Å²) in [5.41, 5.74) is 0.475. The largest absolute Gasteiger partial charge is 0.385 e. The van der Waals surface area contributed by atoms with E-state index in [0.717, 1.165) is 31.5 Å². The number of nitriles is 1. The number of nitrogens with one attached hydrogen (secondary N) is 1. The molecule has 1 aromatic carbocycles. The van der Waals surface area contributed by atoms with E-state index in [1.165, 1.54) is 12.1 Å². The molecule has 4 heteroatoms. The smallest absolute Gasteiger partial charge is 0.143 e. The summed E-state index contributed by atoms with van der Waals surface area (Å²) in [5, 5.41) is 12.1. The second kappa shape index (κ2) is 6.61. The Morgan fingerprint density at radius 1 is 1.39 bits per heavy atom. The van der Waals surface area contributed by atoms with Gasteiger partial charge in [-0.25, -0.2) is 4.39 Å². The van der Waals surface area contributed by atoms with E-state index < -0.39 is 5.82 Å². The van der Waals surface area contributed by atoms with Gasteiger partial charge in [0.15, 0.2) is 0 Å². The normalized spacial score (nSPS) is 11.1. The molecule has 0 aliphatic rings. The lowest BCUT2D eigenvalue weighted by molar-refractivity contribution is 0.430. The summed E-state index contributed by atoms with van der Waals surface area (Å²) >= 11 is 5.60. The minimum atomic E-state index is -0.410. The zero-order valence-electron chi connectivity index (χ0n) is 10.8. The SMILES string of the molecule is CC(C)(C#N)CCCCNc1ccc(Cl)c(F)c1. The molecule has 18 heavy (non-hydrogen) atoms. The quantitative estimate of drug-likeness (QED) is 0.765. The summed E-state index contributed by atoms with van der Waals surface area (Å²) in [6.07, 6.45) is 2.80. The summed E-state index contributed by atoms with van der Waals surface area (Å²) < 4.78 is 13.1. The molecule has 98 valence electrons. The standard InChI is InChI=1S/C14H18ClFN2/c1-14(2,10-17)7-3-4-8-18-11-5-6-12(15)13(16)9-11/h5-6,9,18H,3-4,7-8H2,1-2H3. The van der Waals surface area contributed by atoms with E-state index in [4.69, 9.17) is 16.9 Å². The predicted molar refractivity (Wildman–Crippen MR) is 73.1 cm³/mol. The van der Waals surface area contributed by atoms with E-state index in [9.17, 15) is 4.39 Å². The number of hydrogen-bond acceptors (Lipinski definition) is 2. The predicted octanol–water partition coefficient (Wildman–Crippen LogP) is 4.61. The molecule has 0 heterocycles. The van der Waals surface area contributed by atoms with Gasteiger partial charge in [-0.05, 0) is 44.9 Å². The van der Waals surface area contributed by atoms with E-state index in [1.54, 1.807) is 6.07 Å². The summed E-state index contributed by atoms with van der Waals surface area (Å²) in [5.74, 6) is -0.410. The van der Waals surface area contributed by atoms with Crippen molar-refractivity contribution in [1.82, 2.24) is 0 Å². The first kappa shape index (κ1) is 14.8. The van der Waals surface area contributed by atoms with E-state index >= 15 is 0 Å². The van der Waals surface area contributed by atoms with Gasteiger partial charge < -0.3 is 5.32 Å². The van der Waals surface area contributed by atoms with Crippen LogP contribution in [0.5, 0.6) is 0 Å². The Balaban J connectivity index is 2.26. The van der Waals surface area contributed by atoms with E-state index in [-0.39, 0.29) is 10.4 Å². The molecule has 1 N–H and O–H groups in total. The van der Waals surface area contributed by atoms with Gasteiger partial charge in [0.25, 0.3) is 0 Å². The van der Waals surface area contributed by atoms with Crippen molar-refractivity contribution < 1.29 is 4.39 Å². The van der Waals surface area contributed by atoms with Crippen molar-refractivity contribution >= 4 is 17.3 Å². The van der Waals surface area contributed by atoms with Gasteiger partial charge in [-0.3, -0.25) is 0 Å². The van der Waals surface area contributed by atoms with Crippen LogP contribution in [-0.2, 0) is 0 Å². The Bertz CT molecular complexity index is 438. The minimum Gasteiger partial charge on any atom is -0.385 e. The van der Waals surface area contributed by atoms with Crippen LogP contribution >= 0.6 is 11.6 Å². The molecule has 2 nitrogen and oxygen atoms in total. The van der Waals surface area contributed by atoms with E-state index in [2.05, 4.69) is 11.4 Å². The maximum Gasteiger partial charge on any atom is 0.143 e. The zero-order valence-corrected chi connectivity index (χ0v) is 11.5.